The standard InChI is InChI=1S/C18H18N2O3/c1-12(20-11-15-14(18(20)21)4-2-7-19-15)13-5-6-16-17(10-13)23-9-3-8-22-16/h2,4-7,10,12H,3,8-9,11H2,1H3. The first-order valence-corrected chi connectivity index (χ1v) is 7.88. The minimum Gasteiger partial charge on any atom is -0.490 e. The highest BCUT2D eigenvalue weighted by atomic mass is 16.5. The topological polar surface area (TPSA) is 51.7 Å². The smallest absolute Gasteiger partial charge is 0.256 e. The molecule has 23 heavy (non-hydrogen) atoms. The van der Waals surface area contributed by atoms with Gasteiger partial charge in [-0.2, -0.15) is 0 Å². The molecule has 5 heteroatoms. The number of carbonyl (C=O) groups is 1. The highest BCUT2D eigenvalue weighted by Crippen LogP contribution is 2.36. The molecule has 0 aliphatic carbocycles. The summed E-state index contributed by atoms with van der Waals surface area (Å²) in [6.45, 7) is 3.91. The summed E-state index contributed by atoms with van der Waals surface area (Å²) in [5.41, 5.74) is 2.59. The van der Waals surface area contributed by atoms with Gasteiger partial charge in [0.05, 0.1) is 37.1 Å². The van der Waals surface area contributed by atoms with Gasteiger partial charge in [0.1, 0.15) is 0 Å². The number of nitrogens with zero attached hydrogens (tertiary/aromatic N) is 2. The lowest BCUT2D eigenvalue weighted by molar-refractivity contribution is 0.0715. The van der Waals surface area contributed by atoms with Crippen LogP contribution in [0, 0.1) is 0 Å². The summed E-state index contributed by atoms with van der Waals surface area (Å²) in [7, 11) is 0. The fraction of sp³-hybridized carbons (Fsp3) is 0.333. The number of pyridine rings is 1. The molecule has 118 valence electrons. The number of aromatic nitrogens is 1. The molecule has 1 atom stereocenters. The third-order valence-electron chi connectivity index (χ3n) is 4.42. The van der Waals surface area contributed by atoms with E-state index in [9.17, 15) is 4.79 Å². The van der Waals surface area contributed by atoms with Crippen LogP contribution in [0.15, 0.2) is 36.5 Å². The number of rotatable bonds is 2. The maximum absolute atomic E-state index is 12.6. The van der Waals surface area contributed by atoms with Gasteiger partial charge < -0.3 is 14.4 Å². The molecule has 0 bridgehead atoms. The van der Waals surface area contributed by atoms with Crippen LogP contribution in [0.2, 0.25) is 0 Å². The molecule has 0 N–H and O–H groups in total. The van der Waals surface area contributed by atoms with Crippen LogP contribution < -0.4 is 9.47 Å². The highest BCUT2D eigenvalue weighted by molar-refractivity contribution is 5.98. The van der Waals surface area contributed by atoms with Crippen molar-refractivity contribution in [3.8, 4) is 11.5 Å². The molecule has 1 amide bonds. The molecule has 1 unspecified atom stereocenters. The molecule has 5 nitrogen and oxygen atoms in total. The number of amides is 1. The number of carbonyl (C=O) groups excluding carboxylic acids is 1. The zero-order valence-corrected chi connectivity index (χ0v) is 13.0. The van der Waals surface area contributed by atoms with Crippen molar-refractivity contribution in [2.24, 2.45) is 0 Å². The highest BCUT2D eigenvalue weighted by Gasteiger charge is 2.32. The fourth-order valence-corrected chi connectivity index (χ4v) is 3.08. The van der Waals surface area contributed by atoms with Gasteiger partial charge >= 0.3 is 0 Å². The summed E-state index contributed by atoms with van der Waals surface area (Å²) in [5, 5.41) is 0. The lowest BCUT2D eigenvalue weighted by atomic mass is 10.1. The van der Waals surface area contributed by atoms with E-state index in [2.05, 4.69) is 4.98 Å². The number of hydrogen-bond donors (Lipinski definition) is 0. The Morgan fingerprint density at radius 3 is 2.83 bits per heavy atom. The minimum atomic E-state index is -0.0474. The number of benzene rings is 1. The Bertz CT molecular complexity index is 760. The summed E-state index contributed by atoms with van der Waals surface area (Å²) in [6, 6.07) is 9.51. The van der Waals surface area contributed by atoms with E-state index in [-0.39, 0.29) is 11.9 Å². The monoisotopic (exact) mass is 310 g/mol. The molecule has 4 rings (SSSR count). The molecule has 0 radical (unpaired) electrons. The van der Waals surface area contributed by atoms with Crippen molar-refractivity contribution in [2.45, 2.75) is 25.9 Å². The molecule has 2 aliphatic rings. The summed E-state index contributed by atoms with van der Waals surface area (Å²) < 4.78 is 11.4. The van der Waals surface area contributed by atoms with Crippen molar-refractivity contribution < 1.29 is 14.3 Å². The van der Waals surface area contributed by atoms with Crippen molar-refractivity contribution in [2.75, 3.05) is 13.2 Å². The minimum absolute atomic E-state index is 0.0349. The van der Waals surface area contributed by atoms with E-state index in [1.807, 2.05) is 36.1 Å². The van der Waals surface area contributed by atoms with Gasteiger partial charge in [-0.1, -0.05) is 6.07 Å². The third-order valence-corrected chi connectivity index (χ3v) is 4.42. The Labute approximate surface area is 134 Å². The average Bonchev–Trinajstić information content (AvgIpc) is 2.77. The van der Waals surface area contributed by atoms with E-state index >= 15 is 0 Å². The molecule has 2 aliphatic heterocycles. The summed E-state index contributed by atoms with van der Waals surface area (Å²) >= 11 is 0. The molecule has 2 aromatic rings. The predicted molar refractivity (Wildman–Crippen MR) is 84.6 cm³/mol. The quantitative estimate of drug-likeness (QED) is 0.856. The summed E-state index contributed by atoms with van der Waals surface area (Å²) in [6.07, 6.45) is 2.61. The first-order valence-electron chi connectivity index (χ1n) is 7.88. The third kappa shape index (κ3) is 2.42. The van der Waals surface area contributed by atoms with Crippen LogP contribution in [0.25, 0.3) is 0 Å². The van der Waals surface area contributed by atoms with E-state index in [0.717, 1.165) is 29.2 Å². The lowest BCUT2D eigenvalue weighted by Crippen LogP contribution is -2.27. The van der Waals surface area contributed by atoms with Crippen molar-refractivity contribution >= 4 is 5.91 Å². The fourth-order valence-electron chi connectivity index (χ4n) is 3.08. The SMILES string of the molecule is CC(c1ccc2c(c1)OCCCO2)N1Cc2ncccc2C1=O. The maximum Gasteiger partial charge on any atom is 0.256 e. The largest absolute Gasteiger partial charge is 0.490 e. The van der Waals surface area contributed by atoms with Crippen molar-refractivity contribution in [1.82, 2.24) is 9.88 Å². The number of hydrogen-bond acceptors (Lipinski definition) is 4. The van der Waals surface area contributed by atoms with Crippen molar-refractivity contribution in [3.63, 3.8) is 0 Å². The molecule has 0 saturated heterocycles. The first kappa shape index (κ1) is 14.1. The summed E-state index contributed by atoms with van der Waals surface area (Å²) in [4.78, 5) is 18.7. The number of ether oxygens (including phenoxy) is 2. The van der Waals surface area contributed by atoms with Gasteiger partial charge in [-0.25, -0.2) is 0 Å². The Morgan fingerprint density at radius 2 is 2.00 bits per heavy atom. The second-order valence-electron chi connectivity index (χ2n) is 5.86. The van der Waals surface area contributed by atoms with E-state index in [0.29, 0.717) is 25.3 Å². The second kappa shape index (κ2) is 5.57. The maximum atomic E-state index is 12.6. The number of fused-ring (bicyclic) bond motifs is 2. The van der Waals surface area contributed by atoms with Crippen LogP contribution in [-0.4, -0.2) is 29.0 Å². The lowest BCUT2D eigenvalue weighted by Gasteiger charge is -2.25. The zero-order valence-electron chi connectivity index (χ0n) is 13.0. The Kier molecular flexibility index (Phi) is 3.41. The van der Waals surface area contributed by atoms with Gasteiger partial charge in [-0.3, -0.25) is 9.78 Å². The van der Waals surface area contributed by atoms with Crippen LogP contribution in [-0.2, 0) is 6.54 Å². The molecular formula is C18H18N2O3. The van der Waals surface area contributed by atoms with Gasteiger partial charge in [-0.05, 0) is 36.8 Å². The van der Waals surface area contributed by atoms with Gasteiger partial charge in [0.15, 0.2) is 11.5 Å². The molecule has 0 fully saturated rings. The molecule has 1 aromatic heterocycles. The zero-order chi connectivity index (χ0) is 15.8. The van der Waals surface area contributed by atoms with Crippen LogP contribution in [0.3, 0.4) is 0 Å². The van der Waals surface area contributed by atoms with Crippen molar-refractivity contribution in [3.05, 3.63) is 53.3 Å². The molecule has 0 saturated carbocycles. The molecule has 3 heterocycles. The van der Waals surface area contributed by atoms with E-state index in [4.69, 9.17) is 9.47 Å². The first-order chi connectivity index (χ1) is 11.2. The Balaban J connectivity index is 1.62. The summed E-state index contributed by atoms with van der Waals surface area (Å²) in [5.74, 6) is 1.57. The van der Waals surface area contributed by atoms with Gasteiger partial charge in [0.2, 0.25) is 0 Å². The van der Waals surface area contributed by atoms with E-state index in [1.54, 1.807) is 12.3 Å². The normalized spacial score (nSPS) is 17.6. The van der Waals surface area contributed by atoms with Crippen LogP contribution in [0.4, 0.5) is 0 Å². The van der Waals surface area contributed by atoms with Gasteiger partial charge in [0, 0.05) is 12.6 Å². The van der Waals surface area contributed by atoms with Crippen LogP contribution in [0.1, 0.15) is 41.0 Å². The van der Waals surface area contributed by atoms with Crippen LogP contribution >= 0.6 is 0 Å². The van der Waals surface area contributed by atoms with E-state index in [1.165, 1.54) is 0 Å². The van der Waals surface area contributed by atoms with Crippen LogP contribution in [0.5, 0.6) is 11.5 Å². The van der Waals surface area contributed by atoms with E-state index < -0.39 is 0 Å². The molecule has 1 aromatic carbocycles. The molecular weight excluding hydrogens is 292 g/mol. The molecule has 0 spiro atoms. The van der Waals surface area contributed by atoms with Crippen molar-refractivity contribution in [1.29, 1.82) is 0 Å². The average molecular weight is 310 g/mol. The Morgan fingerprint density at radius 1 is 1.17 bits per heavy atom. The van der Waals surface area contributed by atoms with Gasteiger partial charge in [0.25, 0.3) is 5.91 Å². The second-order valence-corrected chi connectivity index (χ2v) is 5.86. The Hall–Kier alpha value is -2.56. The predicted octanol–water partition coefficient (Wildman–Crippen LogP) is 2.96. The van der Waals surface area contributed by atoms with Gasteiger partial charge in [-0.15, -0.1) is 0 Å².